The van der Waals surface area contributed by atoms with Crippen LogP contribution in [0.5, 0.6) is 0 Å². The minimum atomic E-state index is 0.555. The van der Waals surface area contributed by atoms with E-state index in [0.29, 0.717) is 5.92 Å². The maximum atomic E-state index is 5.61. The maximum Gasteiger partial charge on any atom is 0.0494 e. The van der Waals surface area contributed by atoms with Crippen molar-refractivity contribution in [2.24, 2.45) is 5.73 Å². The molecule has 0 aliphatic rings. The van der Waals surface area contributed by atoms with Crippen LogP contribution < -0.4 is 5.73 Å². The molecule has 0 amide bonds. The number of hydrogen-bond donors (Lipinski definition) is 2. The lowest BCUT2D eigenvalue weighted by atomic mass is 9.98. The lowest BCUT2D eigenvalue weighted by Crippen LogP contribution is -2.00. The molecule has 3 N–H and O–H groups in total. The monoisotopic (exact) mass is 230 g/mol. The first-order valence-corrected chi connectivity index (χ1v) is 6.45. The molecule has 1 aromatic carbocycles. The van der Waals surface area contributed by atoms with Gasteiger partial charge in [-0.1, -0.05) is 32.0 Å². The van der Waals surface area contributed by atoms with Gasteiger partial charge in [0.15, 0.2) is 0 Å². The molecule has 0 atom stereocenters. The van der Waals surface area contributed by atoms with Gasteiger partial charge in [-0.15, -0.1) is 0 Å². The molecule has 1 aromatic heterocycles. The third kappa shape index (κ3) is 2.22. The highest BCUT2D eigenvalue weighted by molar-refractivity contribution is 5.87. The Morgan fingerprint density at radius 3 is 2.71 bits per heavy atom. The minimum absolute atomic E-state index is 0.555. The zero-order valence-electron chi connectivity index (χ0n) is 11.0. The SMILES string of the molecule is Cc1[nH]c2c(C(C)C)cccc2c1CCCN. The van der Waals surface area contributed by atoms with Crippen LogP contribution in [0, 0.1) is 6.92 Å². The third-order valence-electron chi connectivity index (χ3n) is 3.44. The van der Waals surface area contributed by atoms with E-state index in [2.05, 4.69) is 44.0 Å². The zero-order chi connectivity index (χ0) is 12.4. The molecule has 92 valence electrons. The van der Waals surface area contributed by atoms with Gasteiger partial charge in [0.25, 0.3) is 0 Å². The highest BCUT2D eigenvalue weighted by Gasteiger charge is 2.12. The summed E-state index contributed by atoms with van der Waals surface area (Å²) in [5, 5.41) is 1.38. The van der Waals surface area contributed by atoms with Gasteiger partial charge >= 0.3 is 0 Å². The molecule has 0 radical (unpaired) electrons. The number of benzene rings is 1. The topological polar surface area (TPSA) is 41.8 Å². The molecule has 0 saturated heterocycles. The van der Waals surface area contributed by atoms with E-state index in [-0.39, 0.29) is 0 Å². The average molecular weight is 230 g/mol. The fraction of sp³-hybridized carbons (Fsp3) is 0.467. The summed E-state index contributed by atoms with van der Waals surface area (Å²) in [6, 6.07) is 6.60. The minimum Gasteiger partial charge on any atom is -0.358 e. The first-order chi connectivity index (χ1) is 8.15. The normalized spacial score (nSPS) is 11.6. The molecule has 0 fully saturated rings. The fourth-order valence-electron chi connectivity index (χ4n) is 2.51. The maximum absolute atomic E-state index is 5.61. The Kier molecular flexibility index (Phi) is 3.53. The zero-order valence-corrected chi connectivity index (χ0v) is 11.0. The fourth-order valence-corrected chi connectivity index (χ4v) is 2.51. The number of aromatic amines is 1. The van der Waals surface area contributed by atoms with Crippen LogP contribution >= 0.6 is 0 Å². The molecule has 0 aliphatic heterocycles. The summed E-state index contributed by atoms with van der Waals surface area (Å²) in [7, 11) is 0. The van der Waals surface area contributed by atoms with Gasteiger partial charge in [-0.2, -0.15) is 0 Å². The van der Waals surface area contributed by atoms with Crippen molar-refractivity contribution in [1.29, 1.82) is 0 Å². The van der Waals surface area contributed by atoms with Crippen LogP contribution in [-0.2, 0) is 6.42 Å². The van der Waals surface area contributed by atoms with Crippen LogP contribution in [0.15, 0.2) is 18.2 Å². The summed E-state index contributed by atoms with van der Waals surface area (Å²) in [4.78, 5) is 3.55. The number of hydrogen-bond acceptors (Lipinski definition) is 1. The third-order valence-corrected chi connectivity index (χ3v) is 3.44. The van der Waals surface area contributed by atoms with E-state index >= 15 is 0 Å². The molecule has 2 heteroatoms. The van der Waals surface area contributed by atoms with Crippen molar-refractivity contribution >= 4 is 10.9 Å². The Balaban J connectivity index is 2.55. The van der Waals surface area contributed by atoms with Crippen molar-refractivity contribution in [2.75, 3.05) is 6.54 Å². The molecule has 0 aliphatic carbocycles. The number of nitrogens with one attached hydrogen (secondary N) is 1. The molecule has 2 rings (SSSR count). The van der Waals surface area contributed by atoms with Gasteiger partial charge in [0.05, 0.1) is 0 Å². The van der Waals surface area contributed by atoms with Gasteiger partial charge in [-0.05, 0) is 43.4 Å². The highest BCUT2D eigenvalue weighted by Crippen LogP contribution is 2.29. The Morgan fingerprint density at radius 2 is 2.06 bits per heavy atom. The molecule has 0 bridgehead atoms. The van der Waals surface area contributed by atoms with Crippen molar-refractivity contribution < 1.29 is 0 Å². The quantitative estimate of drug-likeness (QED) is 0.829. The molecule has 1 heterocycles. The second kappa shape index (κ2) is 4.92. The van der Waals surface area contributed by atoms with E-state index in [1.165, 1.54) is 27.7 Å². The number of para-hydroxylation sites is 1. The average Bonchev–Trinajstić information content (AvgIpc) is 2.61. The predicted octanol–water partition coefficient (Wildman–Crippen LogP) is 3.49. The number of fused-ring (bicyclic) bond motifs is 1. The Bertz CT molecular complexity index is 509. The van der Waals surface area contributed by atoms with Crippen molar-refractivity contribution in [1.82, 2.24) is 4.98 Å². The lowest BCUT2D eigenvalue weighted by Gasteiger charge is -2.07. The van der Waals surface area contributed by atoms with Crippen LogP contribution in [0.2, 0.25) is 0 Å². The van der Waals surface area contributed by atoms with Crippen LogP contribution in [0.25, 0.3) is 10.9 Å². The Morgan fingerprint density at radius 1 is 1.29 bits per heavy atom. The summed E-state index contributed by atoms with van der Waals surface area (Å²) in [6.07, 6.45) is 2.13. The van der Waals surface area contributed by atoms with Crippen LogP contribution in [0.1, 0.15) is 43.0 Å². The number of nitrogens with two attached hydrogens (primary N) is 1. The van der Waals surface area contributed by atoms with Gasteiger partial charge in [0.1, 0.15) is 0 Å². The number of rotatable bonds is 4. The Hall–Kier alpha value is -1.28. The second-order valence-corrected chi connectivity index (χ2v) is 5.05. The number of H-pyrrole nitrogens is 1. The summed E-state index contributed by atoms with van der Waals surface area (Å²) in [6.45, 7) is 7.40. The Labute approximate surface area is 103 Å². The van der Waals surface area contributed by atoms with Gasteiger partial charge in [0.2, 0.25) is 0 Å². The van der Waals surface area contributed by atoms with Gasteiger partial charge in [-0.25, -0.2) is 0 Å². The first-order valence-electron chi connectivity index (χ1n) is 6.45. The predicted molar refractivity (Wildman–Crippen MR) is 74.5 cm³/mol. The van der Waals surface area contributed by atoms with Crippen molar-refractivity contribution in [3.63, 3.8) is 0 Å². The van der Waals surface area contributed by atoms with E-state index in [4.69, 9.17) is 5.73 Å². The summed E-state index contributed by atoms with van der Waals surface area (Å²) in [5.41, 5.74) is 11.1. The van der Waals surface area contributed by atoms with Crippen molar-refractivity contribution in [2.45, 2.75) is 39.5 Å². The van der Waals surface area contributed by atoms with Crippen molar-refractivity contribution in [3.05, 3.63) is 35.0 Å². The number of aryl methyl sites for hydroxylation is 2. The van der Waals surface area contributed by atoms with E-state index < -0.39 is 0 Å². The molecule has 2 nitrogen and oxygen atoms in total. The standard InChI is InChI=1S/C15H22N2/c1-10(2)12-6-4-7-14-13(8-5-9-16)11(3)17-15(12)14/h4,6-7,10,17H,5,8-9,16H2,1-3H3. The molecular formula is C15H22N2. The van der Waals surface area contributed by atoms with Crippen LogP contribution in [-0.4, -0.2) is 11.5 Å². The molecule has 0 saturated carbocycles. The summed E-state index contributed by atoms with van der Waals surface area (Å²) < 4.78 is 0. The molecule has 17 heavy (non-hydrogen) atoms. The van der Waals surface area contributed by atoms with Gasteiger partial charge in [-0.3, -0.25) is 0 Å². The molecule has 2 aromatic rings. The first kappa shape index (κ1) is 12.2. The van der Waals surface area contributed by atoms with E-state index in [1.807, 2.05) is 0 Å². The number of aromatic nitrogens is 1. The smallest absolute Gasteiger partial charge is 0.0494 e. The summed E-state index contributed by atoms with van der Waals surface area (Å²) >= 11 is 0. The molecular weight excluding hydrogens is 208 g/mol. The van der Waals surface area contributed by atoms with Gasteiger partial charge in [0, 0.05) is 16.6 Å². The van der Waals surface area contributed by atoms with Crippen molar-refractivity contribution in [3.8, 4) is 0 Å². The van der Waals surface area contributed by atoms with Crippen LogP contribution in [0.3, 0.4) is 0 Å². The largest absolute Gasteiger partial charge is 0.358 e. The highest BCUT2D eigenvalue weighted by atomic mass is 14.7. The van der Waals surface area contributed by atoms with Crippen LogP contribution in [0.4, 0.5) is 0 Å². The molecule has 0 spiro atoms. The van der Waals surface area contributed by atoms with E-state index in [9.17, 15) is 0 Å². The van der Waals surface area contributed by atoms with E-state index in [0.717, 1.165) is 19.4 Å². The second-order valence-electron chi connectivity index (χ2n) is 5.05. The summed E-state index contributed by atoms with van der Waals surface area (Å²) in [5.74, 6) is 0.555. The lowest BCUT2D eigenvalue weighted by molar-refractivity contribution is 0.831. The molecule has 0 unspecified atom stereocenters. The van der Waals surface area contributed by atoms with E-state index in [1.54, 1.807) is 0 Å². The van der Waals surface area contributed by atoms with Gasteiger partial charge < -0.3 is 10.7 Å².